The second kappa shape index (κ2) is 39.7. The molecule has 15 rings (SSSR count). The summed E-state index contributed by atoms with van der Waals surface area (Å²) in [6, 6.07) is 19.4. The first kappa shape index (κ1) is 91.4. The lowest BCUT2D eigenvalue weighted by atomic mass is 9.79. The second-order valence-corrected chi connectivity index (χ2v) is 35.6. The van der Waals surface area contributed by atoms with Crippen molar-refractivity contribution in [1.29, 1.82) is 0 Å². The number of nitrogens with zero attached hydrogens (tertiary/aromatic N) is 11. The SMILES string of the molecule is CC(F)(F)CCC(=O)N1CCC2(CC1)CC(C1CCCC1)=NO2.CC(F)(F)CCC(=O)N1CCC2(CC1)CC(C1CCCCC1)=NO2.CC(F)(F)CCC(=O)N1CCC2(CC1)CC(Cc1ccccc1)=NO2.CC(F)(F)CCC(=O)N1CCC2(CC1)CC(c1ccccn1)=NO2.CC(F)(F)CCC(=O)N1CCC2(CC1)CC(c1ccco1)=NO2. The fraction of sp³-hybridized carbons (Fsp3) is 0.713. The predicted molar refractivity (Wildman–Crippen MR) is 428 cm³/mol. The molecule has 2 aliphatic carbocycles. The molecule has 2 aromatic heterocycles. The van der Waals surface area contributed by atoms with E-state index < -0.39 is 60.1 Å². The van der Waals surface area contributed by atoms with Crippen molar-refractivity contribution in [2.24, 2.45) is 37.6 Å². The summed E-state index contributed by atoms with van der Waals surface area (Å²) < 4.78 is 134. The largest absolute Gasteiger partial charge is 0.463 e. The molecule has 658 valence electrons. The highest BCUT2D eigenvalue weighted by Crippen LogP contribution is 2.44. The summed E-state index contributed by atoms with van der Waals surface area (Å²) in [6.45, 7) is 9.73. The number of aromatic nitrogens is 1. The first-order valence-electron chi connectivity index (χ1n) is 42.8. The van der Waals surface area contributed by atoms with Gasteiger partial charge in [-0.15, -0.1) is 0 Å². The van der Waals surface area contributed by atoms with Crippen LogP contribution in [0.4, 0.5) is 43.9 Å². The van der Waals surface area contributed by atoms with Gasteiger partial charge in [0.05, 0.1) is 29.1 Å². The summed E-state index contributed by atoms with van der Waals surface area (Å²) in [7, 11) is 0. The van der Waals surface area contributed by atoms with E-state index in [1.807, 2.05) is 42.5 Å². The maximum Gasteiger partial charge on any atom is 0.245 e. The van der Waals surface area contributed by atoms with Gasteiger partial charge in [-0.2, -0.15) is 0 Å². The van der Waals surface area contributed by atoms with Crippen LogP contribution in [0.1, 0.15) is 270 Å². The number of rotatable bonds is 21. The number of hydrogen-bond donors (Lipinski definition) is 0. The highest BCUT2D eigenvalue weighted by atomic mass is 19.3. The van der Waals surface area contributed by atoms with Crippen LogP contribution in [0.5, 0.6) is 0 Å². The van der Waals surface area contributed by atoms with Gasteiger partial charge in [0, 0.05) is 250 Å². The monoisotopic (exact) mass is 1680 g/mol. The summed E-state index contributed by atoms with van der Waals surface area (Å²) in [5.41, 5.74) is 5.43. The molecule has 119 heavy (non-hydrogen) atoms. The van der Waals surface area contributed by atoms with Gasteiger partial charge in [0.25, 0.3) is 0 Å². The third kappa shape index (κ3) is 27.6. The maximum atomic E-state index is 12.9. The minimum Gasteiger partial charge on any atom is -0.463 e. The Hall–Kier alpha value is -8.35. The summed E-state index contributed by atoms with van der Waals surface area (Å²) >= 11 is 0. The van der Waals surface area contributed by atoms with Gasteiger partial charge in [-0.3, -0.25) is 29.0 Å². The number of alkyl halides is 10. The van der Waals surface area contributed by atoms with Crippen molar-refractivity contribution >= 4 is 58.1 Å². The molecule has 32 heteroatoms. The molecular formula is C87H119F10N11O11. The number of carbonyl (C=O) groups excluding carboxylic acids is 5. The Kier molecular flexibility index (Phi) is 30.5. The van der Waals surface area contributed by atoms with Crippen LogP contribution in [-0.4, -0.2) is 211 Å². The molecule has 3 aromatic rings. The molecule has 0 unspecified atom stereocenters. The molecule has 22 nitrogen and oxygen atoms in total. The summed E-state index contributed by atoms with van der Waals surface area (Å²) in [5.74, 6) is -13.0. The summed E-state index contributed by atoms with van der Waals surface area (Å²) in [4.78, 5) is 102. The number of likely N-dealkylation sites (tertiary alicyclic amines) is 5. The minimum atomic E-state index is -2.80. The van der Waals surface area contributed by atoms with Gasteiger partial charge in [-0.25, -0.2) is 43.9 Å². The zero-order chi connectivity index (χ0) is 85.3. The number of pyridine rings is 1. The predicted octanol–water partition coefficient (Wildman–Crippen LogP) is 17.9. The van der Waals surface area contributed by atoms with E-state index in [9.17, 15) is 67.9 Å². The number of amides is 5. The molecular weight excluding hydrogens is 1570 g/mol. The molecule has 12 aliphatic rings. The smallest absolute Gasteiger partial charge is 0.245 e. The van der Waals surface area contributed by atoms with Crippen LogP contribution in [0, 0.1) is 11.8 Å². The number of hydrogen-bond acceptors (Lipinski definition) is 17. The van der Waals surface area contributed by atoms with Crippen molar-refractivity contribution in [2.75, 3.05) is 65.4 Å². The van der Waals surface area contributed by atoms with Crippen molar-refractivity contribution in [3.05, 3.63) is 90.1 Å². The molecule has 5 saturated heterocycles. The van der Waals surface area contributed by atoms with E-state index >= 15 is 0 Å². The molecule has 7 fully saturated rings. The third-order valence-corrected chi connectivity index (χ3v) is 25.2. The first-order valence-corrected chi connectivity index (χ1v) is 42.8. The molecule has 2 saturated carbocycles. The van der Waals surface area contributed by atoms with Crippen molar-refractivity contribution < 1.29 is 96.5 Å². The third-order valence-electron chi connectivity index (χ3n) is 25.2. The molecule has 1 aromatic carbocycles. The van der Waals surface area contributed by atoms with E-state index in [0.717, 1.165) is 109 Å². The Morgan fingerprint density at radius 3 is 1.03 bits per heavy atom. The van der Waals surface area contributed by atoms with Crippen LogP contribution in [0.25, 0.3) is 0 Å². The first-order chi connectivity index (χ1) is 56.3. The standard InChI is InChI=1S/C19H24F2N2O2.C18H28F2N2O2.C17H21F2N3O2.C17H26F2N2O2.C16H20F2N2O3/c1-18(20,21)8-7-17(24)23-11-9-19(10-12-23)14-16(22-25-19)13-15-5-3-2-4-6-15;1-17(19,20)8-7-16(23)22-11-9-18(10-12-22)13-15(21-24-18)14-5-3-2-4-6-14;1-16(18,19)6-5-15(23)22-10-7-17(8-11-22)12-14(21-24-17)13-4-2-3-9-20-13;1-16(18,19)7-6-15(22)21-10-8-17(9-11-21)12-14(20-23-17)13-4-2-3-5-13;1-15(17,18)5-4-14(21)20-8-6-16(7-9-20)11-12(19-23-16)13-3-2-10-22-13/h2-6H,7-14H2,1H3;14H,2-13H2,1H3;2-4,9H,5-8,10-12H2,1H3;13H,2-12H2,1H3;2-3,10H,4-9,11H2,1H3. The average Bonchev–Trinajstić information content (AvgIpc) is 1.69. The van der Waals surface area contributed by atoms with E-state index in [0.29, 0.717) is 134 Å². The zero-order valence-electron chi connectivity index (χ0n) is 69.6. The lowest BCUT2D eigenvalue weighted by Crippen LogP contribution is -2.47. The molecule has 5 spiro atoms. The van der Waals surface area contributed by atoms with Gasteiger partial charge in [-0.1, -0.05) is 94.3 Å². The fourth-order valence-corrected chi connectivity index (χ4v) is 17.6. The number of furan rings is 1. The number of carbonyl (C=O) groups is 5. The van der Waals surface area contributed by atoms with Gasteiger partial charge in [0.1, 0.15) is 39.4 Å². The Balaban J connectivity index is 0.000000146. The zero-order valence-corrected chi connectivity index (χ0v) is 69.6. The Bertz CT molecular complexity index is 3980. The lowest BCUT2D eigenvalue weighted by Gasteiger charge is -2.37. The van der Waals surface area contributed by atoms with E-state index in [1.54, 1.807) is 43.0 Å². The number of piperidine rings is 5. The van der Waals surface area contributed by atoms with Crippen LogP contribution in [-0.2, 0) is 54.6 Å². The van der Waals surface area contributed by atoms with Crippen LogP contribution in [0.3, 0.4) is 0 Å². The highest BCUT2D eigenvalue weighted by Gasteiger charge is 2.50. The molecule has 0 atom stereocenters. The summed E-state index contributed by atoms with van der Waals surface area (Å²) in [6.07, 6.45) is 23.8. The molecule has 0 N–H and O–H groups in total. The Labute approximate surface area is 691 Å². The quantitative estimate of drug-likeness (QED) is 0.0906. The van der Waals surface area contributed by atoms with Crippen LogP contribution in [0.2, 0.25) is 0 Å². The Morgan fingerprint density at radius 2 is 0.689 bits per heavy atom. The fourth-order valence-electron chi connectivity index (χ4n) is 17.6. The van der Waals surface area contributed by atoms with E-state index in [2.05, 4.69) is 42.9 Å². The second-order valence-electron chi connectivity index (χ2n) is 35.6. The van der Waals surface area contributed by atoms with Gasteiger partial charge in [0.15, 0.2) is 5.76 Å². The number of oxime groups is 5. The average molecular weight is 1680 g/mol. The number of benzene rings is 1. The normalized spacial score (nSPS) is 21.9. The molecule has 10 aliphatic heterocycles. The molecule has 5 amide bonds. The summed E-state index contributed by atoms with van der Waals surface area (Å²) in [5, 5.41) is 21.3. The van der Waals surface area contributed by atoms with Crippen LogP contribution in [0.15, 0.2) is 103 Å². The maximum absolute atomic E-state index is 12.9. The topological polar surface area (TPSA) is 236 Å². The van der Waals surface area contributed by atoms with Crippen molar-refractivity contribution in [1.82, 2.24) is 29.5 Å². The van der Waals surface area contributed by atoms with Crippen molar-refractivity contribution in [3.8, 4) is 0 Å². The Morgan fingerprint density at radius 1 is 0.370 bits per heavy atom. The van der Waals surface area contributed by atoms with E-state index in [1.165, 1.54) is 74.8 Å². The van der Waals surface area contributed by atoms with Crippen LogP contribution >= 0.6 is 0 Å². The van der Waals surface area contributed by atoms with Crippen molar-refractivity contribution in [2.45, 2.75) is 317 Å². The van der Waals surface area contributed by atoms with E-state index in [-0.39, 0.29) is 91.3 Å². The molecule has 0 radical (unpaired) electrons. The van der Waals surface area contributed by atoms with Gasteiger partial charge >= 0.3 is 0 Å². The molecule has 12 heterocycles. The molecule has 0 bridgehead atoms. The van der Waals surface area contributed by atoms with Gasteiger partial charge in [0.2, 0.25) is 59.1 Å². The van der Waals surface area contributed by atoms with E-state index in [4.69, 9.17) is 28.6 Å². The highest BCUT2D eigenvalue weighted by molar-refractivity contribution is 6.00. The van der Waals surface area contributed by atoms with Crippen LogP contribution < -0.4 is 0 Å². The van der Waals surface area contributed by atoms with Gasteiger partial charge in [-0.05, 0) is 90.1 Å². The number of halogens is 10. The van der Waals surface area contributed by atoms with Crippen molar-refractivity contribution in [3.63, 3.8) is 0 Å². The lowest BCUT2D eigenvalue weighted by molar-refractivity contribution is -0.139. The van der Waals surface area contributed by atoms with Gasteiger partial charge < -0.3 is 53.1 Å². The minimum absolute atomic E-state index is 0.0822.